The summed E-state index contributed by atoms with van der Waals surface area (Å²) in [7, 11) is 0. The Morgan fingerprint density at radius 3 is 2.40 bits per heavy atom. The third-order valence-electron chi connectivity index (χ3n) is 4.33. The number of carbonyl (C=O) groups excluding carboxylic acids is 2. The molecule has 0 atom stereocenters. The molecular formula is C23H23ClN2O3S. The SMILES string of the molecule is Cc1cc(C)cc(OCCNC(=O)c2sc(NC(=O)c3ccccc3Cl)cc2C)c1. The molecule has 2 amide bonds. The highest BCUT2D eigenvalue weighted by atomic mass is 35.5. The van der Waals surface area contributed by atoms with Gasteiger partial charge in [-0.1, -0.05) is 29.8 Å². The maximum atomic E-state index is 12.5. The molecule has 7 heteroatoms. The molecule has 1 heterocycles. The standard InChI is InChI=1S/C23H23ClN2O3S/c1-14-10-15(2)12-17(11-14)29-9-8-25-23(28)21-16(3)13-20(30-21)26-22(27)18-6-4-5-7-19(18)24/h4-7,10-13H,8-9H2,1-3H3,(H,25,28)(H,26,27). The van der Waals surface area contributed by atoms with Crippen molar-refractivity contribution in [2.24, 2.45) is 0 Å². The van der Waals surface area contributed by atoms with Crippen LogP contribution in [0.5, 0.6) is 5.75 Å². The Hall–Kier alpha value is -2.83. The number of hydrogen-bond acceptors (Lipinski definition) is 4. The van der Waals surface area contributed by atoms with E-state index < -0.39 is 0 Å². The molecule has 1 aromatic heterocycles. The van der Waals surface area contributed by atoms with Crippen LogP contribution in [0.1, 0.15) is 36.7 Å². The van der Waals surface area contributed by atoms with E-state index in [-0.39, 0.29) is 11.8 Å². The lowest BCUT2D eigenvalue weighted by Crippen LogP contribution is -2.27. The van der Waals surface area contributed by atoms with E-state index in [1.165, 1.54) is 11.3 Å². The van der Waals surface area contributed by atoms with Crippen molar-refractivity contribution in [3.05, 3.63) is 80.7 Å². The number of carbonyl (C=O) groups is 2. The first kappa shape index (κ1) is 21.9. The maximum Gasteiger partial charge on any atom is 0.261 e. The summed E-state index contributed by atoms with van der Waals surface area (Å²) in [5.74, 6) is 0.286. The van der Waals surface area contributed by atoms with Crippen molar-refractivity contribution in [3.63, 3.8) is 0 Å². The van der Waals surface area contributed by atoms with E-state index in [0.717, 1.165) is 22.4 Å². The molecule has 0 saturated carbocycles. The lowest BCUT2D eigenvalue weighted by Gasteiger charge is -2.09. The second-order valence-corrected chi connectivity index (χ2v) is 8.44. The van der Waals surface area contributed by atoms with Crippen LogP contribution in [-0.4, -0.2) is 25.0 Å². The van der Waals surface area contributed by atoms with E-state index in [2.05, 4.69) is 16.7 Å². The van der Waals surface area contributed by atoms with Crippen molar-refractivity contribution in [2.75, 3.05) is 18.5 Å². The van der Waals surface area contributed by atoms with E-state index in [0.29, 0.717) is 33.6 Å². The highest BCUT2D eigenvalue weighted by Crippen LogP contribution is 2.27. The fourth-order valence-corrected chi connectivity index (χ4v) is 4.23. The molecular weight excluding hydrogens is 420 g/mol. The predicted octanol–water partition coefficient (Wildman–Crippen LogP) is 5.39. The number of anilines is 1. The van der Waals surface area contributed by atoms with Gasteiger partial charge in [0.05, 0.1) is 27.0 Å². The number of ether oxygens (including phenoxy) is 1. The lowest BCUT2D eigenvalue weighted by atomic mass is 10.1. The largest absolute Gasteiger partial charge is 0.492 e. The molecule has 0 aliphatic rings. The third-order valence-corrected chi connectivity index (χ3v) is 5.81. The second-order valence-electron chi connectivity index (χ2n) is 6.98. The van der Waals surface area contributed by atoms with Gasteiger partial charge in [0, 0.05) is 0 Å². The maximum absolute atomic E-state index is 12.5. The van der Waals surface area contributed by atoms with Gasteiger partial charge in [0.15, 0.2) is 0 Å². The smallest absolute Gasteiger partial charge is 0.261 e. The third kappa shape index (κ3) is 5.62. The summed E-state index contributed by atoms with van der Waals surface area (Å²) in [6.07, 6.45) is 0. The minimum atomic E-state index is -0.310. The quantitative estimate of drug-likeness (QED) is 0.482. The van der Waals surface area contributed by atoms with Gasteiger partial charge < -0.3 is 15.4 Å². The molecule has 3 rings (SSSR count). The molecule has 2 aromatic carbocycles. The molecule has 0 aliphatic heterocycles. The summed E-state index contributed by atoms with van der Waals surface area (Å²) in [5.41, 5.74) is 3.45. The Morgan fingerprint density at radius 2 is 1.70 bits per heavy atom. The Bertz CT molecular complexity index is 1060. The van der Waals surface area contributed by atoms with Crippen molar-refractivity contribution >= 4 is 39.8 Å². The first-order chi connectivity index (χ1) is 14.3. The van der Waals surface area contributed by atoms with Crippen molar-refractivity contribution in [3.8, 4) is 5.75 Å². The molecule has 0 fully saturated rings. The fourth-order valence-electron chi connectivity index (χ4n) is 3.02. The van der Waals surface area contributed by atoms with Crippen molar-refractivity contribution < 1.29 is 14.3 Å². The van der Waals surface area contributed by atoms with E-state index in [1.807, 2.05) is 32.9 Å². The van der Waals surface area contributed by atoms with Gasteiger partial charge in [-0.05, 0) is 67.8 Å². The van der Waals surface area contributed by atoms with Crippen LogP contribution in [0.2, 0.25) is 5.02 Å². The van der Waals surface area contributed by atoms with Gasteiger partial charge in [0.25, 0.3) is 11.8 Å². The normalized spacial score (nSPS) is 10.5. The monoisotopic (exact) mass is 442 g/mol. The zero-order valence-electron chi connectivity index (χ0n) is 17.0. The average molecular weight is 443 g/mol. The Kier molecular flexibility index (Phi) is 7.13. The number of hydrogen-bond donors (Lipinski definition) is 2. The highest BCUT2D eigenvalue weighted by Gasteiger charge is 2.16. The van der Waals surface area contributed by atoms with Crippen LogP contribution in [0.4, 0.5) is 5.00 Å². The molecule has 0 unspecified atom stereocenters. The molecule has 5 nitrogen and oxygen atoms in total. The summed E-state index contributed by atoms with van der Waals surface area (Å²) in [4.78, 5) is 25.5. The number of rotatable bonds is 7. The van der Waals surface area contributed by atoms with Crippen LogP contribution in [-0.2, 0) is 0 Å². The van der Waals surface area contributed by atoms with Gasteiger partial charge >= 0.3 is 0 Å². The van der Waals surface area contributed by atoms with Crippen LogP contribution in [0, 0.1) is 20.8 Å². The van der Waals surface area contributed by atoms with E-state index in [9.17, 15) is 9.59 Å². The number of aryl methyl sites for hydroxylation is 3. The van der Waals surface area contributed by atoms with Crippen LogP contribution >= 0.6 is 22.9 Å². The number of benzene rings is 2. The predicted molar refractivity (Wildman–Crippen MR) is 122 cm³/mol. The molecule has 2 N–H and O–H groups in total. The second kappa shape index (κ2) is 9.78. The Morgan fingerprint density at radius 1 is 1.00 bits per heavy atom. The van der Waals surface area contributed by atoms with Gasteiger partial charge in [0.1, 0.15) is 12.4 Å². The van der Waals surface area contributed by atoms with E-state index in [1.54, 1.807) is 30.3 Å². The minimum absolute atomic E-state index is 0.195. The molecule has 0 aliphatic carbocycles. The molecule has 0 radical (unpaired) electrons. The Balaban J connectivity index is 1.54. The summed E-state index contributed by atoms with van der Waals surface area (Å²) >= 11 is 7.30. The molecule has 0 bridgehead atoms. The molecule has 156 valence electrons. The van der Waals surface area contributed by atoms with E-state index >= 15 is 0 Å². The van der Waals surface area contributed by atoms with E-state index in [4.69, 9.17) is 16.3 Å². The summed E-state index contributed by atoms with van der Waals surface area (Å²) < 4.78 is 5.72. The van der Waals surface area contributed by atoms with Crippen molar-refractivity contribution in [1.82, 2.24) is 5.32 Å². The Labute approximate surface area is 185 Å². The molecule has 0 spiro atoms. The number of halogens is 1. The summed E-state index contributed by atoms with van der Waals surface area (Å²) in [5, 5.41) is 6.64. The van der Waals surface area contributed by atoms with Gasteiger partial charge in [-0.25, -0.2) is 0 Å². The minimum Gasteiger partial charge on any atom is -0.492 e. The van der Waals surface area contributed by atoms with Gasteiger partial charge in [-0.3, -0.25) is 9.59 Å². The topological polar surface area (TPSA) is 67.4 Å². The molecule has 3 aromatic rings. The number of nitrogens with one attached hydrogen (secondary N) is 2. The zero-order chi connectivity index (χ0) is 21.7. The first-order valence-electron chi connectivity index (χ1n) is 9.49. The van der Waals surface area contributed by atoms with Crippen LogP contribution in [0.25, 0.3) is 0 Å². The lowest BCUT2D eigenvalue weighted by molar-refractivity contribution is 0.0949. The molecule has 0 saturated heterocycles. The van der Waals surface area contributed by atoms with Gasteiger partial charge in [-0.15, -0.1) is 11.3 Å². The highest BCUT2D eigenvalue weighted by molar-refractivity contribution is 7.18. The number of thiophene rings is 1. The van der Waals surface area contributed by atoms with Crippen LogP contribution < -0.4 is 15.4 Å². The fraction of sp³-hybridized carbons (Fsp3) is 0.217. The van der Waals surface area contributed by atoms with Crippen LogP contribution in [0.15, 0.2) is 48.5 Å². The van der Waals surface area contributed by atoms with Gasteiger partial charge in [-0.2, -0.15) is 0 Å². The van der Waals surface area contributed by atoms with Gasteiger partial charge in [0.2, 0.25) is 0 Å². The number of amides is 2. The van der Waals surface area contributed by atoms with Crippen molar-refractivity contribution in [2.45, 2.75) is 20.8 Å². The average Bonchev–Trinajstić information content (AvgIpc) is 3.04. The summed E-state index contributed by atoms with van der Waals surface area (Å²) in [6, 6.07) is 14.6. The first-order valence-corrected chi connectivity index (χ1v) is 10.7. The van der Waals surface area contributed by atoms with Crippen molar-refractivity contribution in [1.29, 1.82) is 0 Å². The van der Waals surface area contributed by atoms with Crippen LogP contribution in [0.3, 0.4) is 0 Å². The molecule has 30 heavy (non-hydrogen) atoms. The summed E-state index contributed by atoms with van der Waals surface area (Å²) in [6.45, 7) is 6.62. The zero-order valence-corrected chi connectivity index (χ0v) is 18.6.